The molecule has 6 atom stereocenters. The number of rotatable bonds is 12. The van der Waals surface area contributed by atoms with E-state index in [1.807, 2.05) is 0 Å². The van der Waals surface area contributed by atoms with Crippen LogP contribution in [0.15, 0.2) is 0 Å². The number of hydrogen-bond acceptors (Lipinski definition) is 9. The molecule has 0 amide bonds. The molecule has 0 aliphatic carbocycles. The SMILES string of the molecule is COCCOCCOC.OC(CC(O)C(F)(F)F)C(F)(F)F.OC(CC(O)C(F)(F)F)C(F)(F)F.OC(CC(O)C(F)(F)F)C(F)(F)F.[Tb]. The molecular weight excluding hydrogens is 897 g/mol. The van der Waals surface area contributed by atoms with Gasteiger partial charge in [-0.05, 0) is 0 Å². The summed E-state index contributed by atoms with van der Waals surface area (Å²) in [4.78, 5) is 0. The molecule has 49 heavy (non-hydrogen) atoms. The average molecular weight is 929 g/mol. The molecule has 0 spiro atoms. The van der Waals surface area contributed by atoms with E-state index in [0.29, 0.717) is 26.4 Å². The Hall–Kier alpha value is -0.334. The minimum atomic E-state index is -5.15. The molecule has 0 aromatic carbocycles. The molecule has 0 saturated heterocycles. The van der Waals surface area contributed by atoms with Crippen molar-refractivity contribution in [3.63, 3.8) is 0 Å². The predicted molar refractivity (Wildman–Crippen MR) is 121 cm³/mol. The van der Waals surface area contributed by atoms with Crippen LogP contribution in [0.4, 0.5) is 79.0 Å². The summed E-state index contributed by atoms with van der Waals surface area (Å²) in [6, 6.07) is 0. The van der Waals surface area contributed by atoms with E-state index in [-0.39, 0.29) is 38.6 Å². The van der Waals surface area contributed by atoms with E-state index in [2.05, 4.69) is 0 Å². The van der Waals surface area contributed by atoms with Crippen molar-refractivity contribution in [2.45, 2.75) is 92.9 Å². The van der Waals surface area contributed by atoms with Gasteiger partial charge < -0.3 is 44.8 Å². The number of hydrogen-bond donors (Lipinski definition) is 6. The molecule has 0 aromatic heterocycles. The van der Waals surface area contributed by atoms with E-state index < -0.39 is 92.9 Å². The van der Waals surface area contributed by atoms with Crippen molar-refractivity contribution in [1.82, 2.24) is 0 Å². The number of methoxy groups -OCH3 is 2. The molecule has 0 bridgehead atoms. The predicted octanol–water partition coefficient (Wildman–Crippen LogP) is 3.96. The molecule has 0 saturated carbocycles. The summed E-state index contributed by atoms with van der Waals surface area (Å²) in [7, 11) is 3.30. The van der Waals surface area contributed by atoms with Gasteiger partial charge in [0.25, 0.3) is 0 Å². The summed E-state index contributed by atoms with van der Waals surface area (Å²) in [5.41, 5.74) is 0. The topological polar surface area (TPSA) is 149 Å². The molecular formula is C21H32F18O9Tb. The third kappa shape index (κ3) is 34.5. The average Bonchev–Trinajstić information content (AvgIpc) is 2.86. The van der Waals surface area contributed by atoms with Crippen LogP contribution in [0.3, 0.4) is 0 Å². The van der Waals surface area contributed by atoms with E-state index in [4.69, 9.17) is 44.8 Å². The smallest absolute Gasteiger partial charge is 0.384 e. The first-order valence-corrected chi connectivity index (χ1v) is 12.1. The van der Waals surface area contributed by atoms with Gasteiger partial charge in [0.1, 0.15) is 0 Å². The van der Waals surface area contributed by atoms with Crippen molar-refractivity contribution in [2.75, 3.05) is 40.6 Å². The van der Waals surface area contributed by atoms with Gasteiger partial charge >= 0.3 is 37.1 Å². The summed E-state index contributed by atoms with van der Waals surface area (Å²) in [6.45, 7) is 2.62. The van der Waals surface area contributed by atoms with Crippen LogP contribution in [0.25, 0.3) is 0 Å². The van der Waals surface area contributed by atoms with Gasteiger partial charge in [-0.3, -0.25) is 0 Å². The van der Waals surface area contributed by atoms with Crippen molar-refractivity contribution in [1.29, 1.82) is 0 Å². The van der Waals surface area contributed by atoms with E-state index in [0.717, 1.165) is 0 Å². The van der Waals surface area contributed by atoms with Crippen LogP contribution in [0.5, 0.6) is 0 Å². The summed E-state index contributed by atoms with van der Waals surface area (Å²) >= 11 is 0. The third-order valence-corrected chi connectivity index (χ3v) is 4.47. The second-order valence-electron chi connectivity index (χ2n) is 8.65. The Morgan fingerprint density at radius 3 is 0.592 bits per heavy atom. The molecule has 1 radical (unpaired) electrons. The van der Waals surface area contributed by atoms with Crippen molar-refractivity contribution in [3.05, 3.63) is 0 Å². The first-order valence-electron chi connectivity index (χ1n) is 12.1. The Labute approximate surface area is 295 Å². The summed E-state index contributed by atoms with van der Waals surface area (Å²) in [5, 5.41) is 48.8. The maximum Gasteiger partial charge on any atom is 0.414 e. The van der Waals surface area contributed by atoms with Gasteiger partial charge in [0.2, 0.25) is 0 Å². The molecule has 0 aliphatic heterocycles. The van der Waals surface area contributed by atoms with Gasteiger partial charge in [0.05, 0.1) is 26.4 Å². The van der Waals surface area contributed by atoms with Crippen molar-refractivity contribution in [3.8, 4) is 0 Å². The molecule has 0 aromatic rings. The van der Waals surface area contributed by atoms with E-state index in [9.17, 15) is 79.0 Å². The first-order chi connectivity index (χ1) is 21.1. The van der Waals surface area contributed by atoms with Crippen LogP contribution in [0, 0.1) is 38.6 Å². The van der Waals surface area contributed by atoms with E-state index in [1.165, 1.54) is 0 Å². The third-order valence-electron chi connectivity index (χ3n) is 4.47. The fraction of sp³-hybridized carbons (Fsp3) is 1.00. The molecule has 0 aliphatic rings. The van der Waals surface area contributed by atoms with Gasteiger partial charge in [-0.15, -0.1) is 0 Å². The minimum Gasteiger partial charge on any atom is -0.384 e. The van der Waals surface area contributed by atoms with Gasteiger partial charge in [0, 0.05) is 72.1 Å². The van der Waals surface area contributed by atoms with Crippen molar-refractivity contribution >= 4 is 0 Å². The quantitative estimate of drug-likeness (QED) is 0.127. The zero-order valence-electron chi connectivity index (χ0n) is 24.5. The van der Waals surface area contributed by atoms with Crippen LogP contribution in [-0.4, -0.2) is 145 Å². The number of aliphatic hydroxyl groups excluding tert-OH is 6. The van der Waals surface area contributed by atoms with E-state index >= 15 is 0 Å². The monoisotopic (exact) mass is 929 g/mol. The Kier molecular flexibility index (Phi) is 30.3. The summed E-state index contributed by atoms with van der Waals surface area (Å²) < 4.78 is 221. The van der Waals surface area contributed by atoms with Gasteiger partial charge in [-0.1, -0.05) is 0 Å². The number of alkyl halides is 18. The normalized spacial score (nSPS) is 16.5. The largest absolute Gasteiger partial charge is 0.414 e. The number of aliphatic hydroxyl groups is 6. The molecule has 0 heterocycles. The summed E-state index contributed by atoms with van der Waals surface area (Å²) in [6.07, 6.45) is -55.3. The van der Waals surface area contributed by atoms with Crippen LogP contribution in [0.2, 0.25) is 0 Å². The number of halogens is 18. The maximum atomic E-state index is 11.5. The molecule has 9 nitrogen and oxygen atoms in total. The second kappa shape index (κ2) is 25.6. The maximum absolute atomic E-state index is 11.5. The molecule has 28 heteroatoms. The Morgan fingerprint density at radius 2 is 0.490 bits per heavy atom. The molecule has 305 valence electrons. The standard InChI is InChI=1S/C6H14O3.3C5H6F6O2.Tb/c1-7-3-5-9-6-4-8-2;3*6-4(7,8)2(12)1-3(13)5(9,10)11;/h3-6H2,1-2H3;3*2-3,12-13H,1H2;. The van der Waals surface area contributed by atoms with Gasteiger partial charge in [-0.25, -0.2) is 0 Å². The van der Waals surface area contributed by atoms with Gasteiger partial charge in [-0.2, -0.15) is 79.0 Å². The second-order valence-corrected chi connectivity index (χ2v) is 8.65. The molecule has 6 unspecified atom stereocenters. The Morgan fingerprint density at radius 1 is 0.347 bits per heavy atom. The van der Waals surface area contributed by atoms with Crippen molar-refractivity contribution in [2.24, 2.45) is 0 Å². The van der Waals surface area contributed by atoms with Crippen LogP contribution >= 0.6 is 0 Å². The number of ether oxygens (including phenoxy) is 3. The zero-order valence-corrected chi connectivity index (χ0v) is 26.6. The Balaban J connectivity index is -0.000000176. The first kappa shape index (κ1) is 58.0. The fourth-order valence-corrected chi connectivity index (χ4v) is 1.82. The van der Waals surface area contributed by atoms with Crippen molar-refractivity contribution < 1.29 is 162 Å². The van der Waals surface area contributed by atoms with Crippen LogP contribution in [0.1, 0.15) is 19.3 Å². The molecule has 0 rings (SSSR count). The zero-order chi connectivity index (χ0) is 39.5. The summed E-state index contributed by atoms with van der Waals surface area (Å²) in [5.74, 6) is 0. The fourth-order valence-electron chi connectivity index (χ4n) is 1.82. The Bertz CT molecular complexity index is 640. The molecule has 0 fully saturated rings. The van der Waals surface area contributed by atoms with Crippen LogP contribution < -0.4 is 0 Å². The van der Waals surface area contributed by atoms with Crippen LogP contribution in [-0.2, 0) is 14.2 Å². The molecule has 6 N–H and O–H groups in total. The minimum absolute atomic E-state index is 0. The van der Waals surface area contributed by atoms with E-state index in [1.54, 1.807) is 14.2 Å². The van der Waals surface area contributed by atoms with Gasteiger partial charge in [0.15, 0.2) is 36.6 Å².